The van der Waals surface area contributed by atoms with Crippen LogP contribution in [0.15, 0.2) is 42.5 Å². The maximum absolute atomic E-state index is 13.7. The van der Waals surface area contributed by atoms with Crippen LogP contribution >= 0.6 is 0 Å². The van der Waals surface area contributed by atoms with Crippen LogP contribution in [0.2, 0.25) is 0 Å². The van der Waals surface area contributed by atoms with Gasteiger partial charge in [-0.1, -0.05) is 37.3 Å². The van der Waals surface area contributed by atoms with E-state index in [4.69, 9.17) is 10.00 Å². The van der Waals surface area contributed by atoms with Gasteiger partial charge in [-0.15, -0.1) is 0 Å². The van der Waals surface area contributed by atoms with Crippen LogP contribution in [0.4, 0.5) is 4.39 Å². The molecule has 2 nitrogen and oxygen atoms in total. The van der Waals surface area contributed by atoms with Crippen molar-refractivity contribution in [3.8, 4) is 11.8 Å². The molecule has 0 spiro atoms. The summed E-state index contributed by atoms with van der Waals surface area (Å²) in [7, 11) is 0. The van der Waals surface area contributed by atoms with Crippen molar-refractivity contribution in [2.24, 2.45) is 5.92 Å². The van der Waals surface area contributed by atoms with Crippen molar-refractivity contribution in [2.75, 3.05) is 0 Å². The van der Waals surface area contributed by atoms with Crippen molar-refractivity contribution in [2.45, 2.75) is 25.9 Å². The normalized spacial score (nSPS) is 20.4. The molecule has 0 amide bonds. The first-order chi connectivity index (χ1) is 10.2. The summed E-state index contributed by atoms with van der Waals surface area (Å²) in [5, 5.41) is 9.12. The Hall–Kier alpha value is -2.34. The molecule has 0 radical (unpaired) electrons. The molecule has 0 saturated heterocycles. The highest BCUT2D eigenvalue weighted by Gasteiger charge is 2.28. The van der Waals surface area contributed by atoms with E-state index in [9.17, 15) is 4.39 Å². The zero-order valence-corrected chi connectivity index (χ0v) is 11.8. The third kappa shape index (κ3) is 2.50. The lowest BCUT2D eigenvalue weighted by molar-refractivity contribution is 0.128. The van der Waals surface area contributed by atoms with Crippen LogP contribution in [0.5, 0.6) is 5.75 Å². The predicted octanol–water partition coefficient (Wildman–Crippen LogP) is 4.40. The van der Waals surface area contributed by atoms with Gasteiger partial charge in [0.2, 0.25) is 0 Å². The van der Waals surface area contributed by atoms with E-state index in [2.05, 4.69) is 19.1 Å². The molecular weight excluding hydrogens is 265 g/mol. The summed E-state index contributed by atoms with van der Waals surface area (Å²) in [6.07, 6.45) is 1.92. The largest absolute Gasteiger partial charge is 0.484 e. The Kier molecular flexibility index (Phi) is 3.62. The fourth-order valence-corrected chi connectivity index (χ4v) is 2.91. The third-order valence-electron chi connectivity index (χ3n) is 4.09. The van der Waals surface area contributed by atoms with E-state index < -0.39 is 5.82 Å². The van der Waals surface area contributed by atoms with Crippen LogP contribution in [0.3, 0.4) is 0 Å². The molecule has 2 aromatic carbocycles. The minimum Gasteiger partial charge on any atom is -0.484 e. The number of nitriles is 1. The van der Waals surface area contributed by atoms with Gasteiger partial charge in [-0.3, -0.25) is 0 Å². The van der Waals surface area contributed by atoms with Gasteiger partial charge in [0.15, 0.2) is 0 Å². The van der Waals surface area contributed by atoms with Crippen LogP contribution in [-0.4, -0.2) is 0 Å². The molecule has 0 fully saturated rings. The lowest BCUT2D eigenvalue weighted by Gasteiger charge is -2.32. The van der Waals surface area contributed by atoms with Crippen LogP contribution in [-0.2, 0) is 6.42 Å². The SMILES string of the molecule is CC1CCc2ccccc2[C@@H]1Oc1cccc(F)c1C#N. The second-order valence-corrected chi connectivity index (χ2v) is 5.48. The van der Waals surface area contributed by atoms with Gasteiger partial charge in [0.25, 0.3) is 0 Å². The second-order valence-electron chi connectivity index (χ2n) is 5.48. The molecule has 1 aliphatic rings. The Bertz CT molecular complexity index is 705. The van der Waals surface area contributed by atoms with Gasteiger partial charge < -0.3 is 4.74 Å². The minimum atomic E-state index is -0.535. The van der Waals surface area contributed by atoms with E-state index in [1.54, 1.807) is 12.1 Å². The zero-order valence-electron chi connectivity index (χ0n) is 11.8. The van der Waals surface area contributed by atoms with Crippen molar-refractivity contribution in [1.82, 2.24) is 0 Å². The Labute approximate surface area is 123 Å². The summed E-state index contributed by atoms with van der Waals surface area (Å²) < 4.78 is 19.7. The average molecular weight is 281 g/mol. The Morgan fingerprint density at radius 3 is 2.81 bits per heavy atom. The van der Waals surface area contributed by atoms with Gasteiger partial charge in [0.1, 0.15) is 29.3 Å². The summed E-state index contributed by atoms with van der Waals surface area (Å²) in [5.74, 6) is 0.118. The number of rotatable bonds is 2. The Morgan fingerprint density at radius 1 is 1.19 bits per heavy atom. The fourth-order valence-electron chi connectivity index (χ4n) is 2.91. The molecule has 106 valence electrons. The van der Waals surface area contributed by atoms with Crippen molar-refractivity contribution in [3.05, 3.63) is 65.0 Å². The van der Waals surface area contributed by atoms with E-state index in [0.717, 1.165) is 18.4 Å². The number of hydrogen-bond donors (Lipinski definition) is 0. The maximum atomic E-state index is 13.7. The van der Waals surface area contributed by atoms with Gasteiger partial charge in [0, 0.05) is 0 Å². The smallest absolute Gasteiger partial charge is 0.144 e. The molecular formula is C18H16FNO. The molecule has 3 heteroatoms. The van der Waals surface area contributed by atoms with Crippen LogP contribution in [0.1, 0.15) is 36.1 Å². The molecule has 1 unspecified atom stereocenters. The van der Waals surface area contributed by atoms with Crippen molar-refractivity contribution in [1.29, 1.82) is 5.26 Å². The summed E-state index contributed by atoms with van der Waals surface area (Å²) in [5.41, 5.74) is 2.40. The molecule has 2 aromatic rings. The molecule has 1 aliphatic carbocycles. The van der Waals surface area contributed by atoms with Gasteiger partial charge in [-0.25, -0.2) is 4.39 Å². The first-order valence-corrected chi connectivity index (χ1v) is 7.13. The molecule has 3 rings (SSSR count). The molecule has 0 N–H and O–H groups in total. The van der Waals surface area contributed by atoms with Gasteiger partial charge in [0.05, 0.1) is 0 Å². The zero-order chi connectivity index (χ0) is 14.8. The predicted molar refractivity (Wildman–Crippen MR) is 78.4 cm³/mol. The van der Waals surface area contributed by atoms with E-state index in [0.29, 0.717) is 11.7 Å². The molecule has 2 atom stereocenters. The molecule has 0 aromatic heterocycles. The molecule has 21 heavy (non-hydrogen) atoms. The lowest BCUT2D eigenvalue weighted by Crippen LogP contribution is -2.23. The van der Waals surface area contributed by atoms with Gasteiger partial charge in [-0.2, -0.15) is 5.26 Å². The molecule has 0 saturated carbocycles. The summed E-state index contributed by atoms with van der Waals surface area (Å²) >= 11 is 0. The minimum absolute atomic E-state index is 0.0206. The highest BCUT2D eigenvalue weighted by Crippen LogP contribution is 2.38. The number of fused-ring (bicyclic) bond motifs is 1. The standard InChI is InChI=1S/C18H16FNO/c1-12-9-10-13-5-2-3-6-14(13)18(12)21-17-8-4-7-16(19)15(17)11-20/h2-8,12,18H,9-10H2,1H3/t12?,18-/m1/s1. The van der Waals surface area contributed by atoms with Crippen molar-refractivity contribution in [3.63, 3.8) is 0 Å². The summed E-state index contributed by atoms with van der Waals surface area (Å²) in [4.78, 5) is 0. The first-order valence-electron chi connectivity index (χ1n) is 7.13. The topological polar surface area (TPSA) is 33.0 Å². The van der Waals surface area contributed by atoms with E-state index in [1.807, 2.05) is 18.2 Å². The van der Waals surface area contributed by atoms with Crippen LogP contribution in [0.25, 0.3) is 0 Å². The molecule has 0 heterocycles. The van der Waals surface area contributed by atoms with Gasteiger partial charge in [-0.05, 0) is 42.0 Å². The van der Waals surface area contributed by atoms with Crippen LogP contribution in [0, 0.1) is 23.1 Å². The van der Waals surface area contributed by atoms with Crippen molar-refractivity contribution >= 4 is 0 Å². The number of benzene rings is 2. The van der Waals surface area contributed by atoms with E-state index in [-0.39, 0.29) is 11.7 Å². The van der Waals surface area contributed by atoms with E-state index in [1.165, 1.54) is 11.6 Å². The second kappa shape index (κ2) is 5.57. The Balaban J connectivity index is 1.99. The number of hydrogen-bond acceptors (Lipinski definition) is 2. The maximum Gasteiger partial charge on any atom is 0.144 e. The van der Waals surface area contributed by atoms with Gasteiger partial charge >= 0.3 is 0 Å². The Morgan fingerprint density at radius 2 is 2.00 bits per heavy atom. The number of nitrogens with zero attached hydrogens (tertiary/aromatic N) is 1. The fraction of sp³-hybridized carbons (Fsp3) is 0.278. The number of aryl methyl sites for hydroxylation is 1. The summed E-state index contributed by atoms with van der Waals surface area (Å²) in [6, 6.07) is 14.6. The van der Waals surface area contributed by atoms with Crippen molar-refractivity contribution < 1.29 is 9.13 Å². The highest BCUT2D eigenvalue weighted by atomic mass is 19.1. The lowest BCUT2D eigenvalue weighted by atomic mass is 9.82. The quantitative estimate of drug-likeness (QED) is 0.817. The third-order valence-corrected chi connectivity index (χ3v) is 4.09. The number of halogens is 1. The monoisotopic (exact) mass is 281 g/mol. The highest BCUT2D eigenvalue weighted by molar-refractivity contribution is 5.44. The average Bonchev–Trinajstić information content (AvgIpc) is 2.50. The first kappa shape index (κ1) is 13.6. The van der Waals surface area contributed by atoms with E-state index >= 15 is 0 Å². The molecule has 0 bridgehead atoms. The number of ether oxygens (including phenoxy) is 1. The summed E-state index contributed by atoms with van der Waals surface area (Å²) in [6.45, 7) is 2.13. The molecule has 0 aliphatic heterocycles. The van der Waals surface area contributed by atoms with Crippen LogP contribution < -0.4 is 4.74 Å².